The molecule has 0 aliphatic heterocycles. The van der Waals surface area contributed by atoms with E-state index in [2.05, 4.69) is 0 Å². The third-order valence-corrected chi connectivity index (χ3v) is 7.83. The molecule has 7 heteroatoms. The van der Waals surface area contributed by atoms with Crippen molar-refractivity contribution in [3.8, 4) is 0 Å². The van der Waals surface area contributed by atoms with Gasteiger partial charge in [-0.15, -0.1) is 0 Å². The Hall–Kier alpha value is 0.432. The van der Waals surface area contributed by atoms with E-state index in [9.17, 15) is 16.8 Å². The van der Waals surface area contributed by atoms with Gasteiger partial charge in [-0.3, -0.25) is 0 Å². The van der Waals surface area contributed by atoms with Gasteiger partial charge in [-0.25, -0.2) is 16.8 Å². The van der Waals surface area contributed by atoms with Crippen molar-refractivity contribution in [3.63, 3.8) is 0 Å². The Morgan fingerprint density at radius 3 is 1.69 bits per heavy atom. The quantitative estimate of drug-likeness (QED) is 0.620. The van der Waals surface area contributed by atoms with Crippen LogP contribution in [0.2, 0.25) is 5.28 Å². The van der Waals surface area contributed by atoms with Crippen LogP contribution in [-0.4, -0.2) is 56.1 Å². The molecule has 0 aromatic heterocycles. The molecule has 0 aromatic rings. The predicted octanol–water partition coefficient (Wildman–Crippen LogP) is 0.0544. The maximum absolute atomic E-state index is 11.6. The maximum Gasteiger partial charge on any atom is 0.213 e. The van der Waals surface area contributed by atoms with Crippen molar-refractivity contribution >= 4 is 36.0 Å². The summed E-state index contributed by atoms with van der Waals surface area (Å²) < 4.78 is 46.4. The molecule has 0 saturated heterocycles. The predicted molar refractivity (Wildman–Crippen MR) is 70.1 cm³/mol. The second-order valence-electron chi connectivity index (χ2n) is 4.29. The van der Waals surface area contributed by atoms with Gasteiger partial charge in [0.1, 0.15) is 9.84 Å². The zero-order chi connectivity index (χ0) is 13.0. The lowest BCUT2D eigenvalue weighted by Crippen LogP contribution is -2.38. The van der Waals surface area contributed by atoms with Gasteiger partial charge in [-0.1, -0.05) is 25.0 Å². The SMILES string of the molecule is CCCCC(C([CH2][AlH2])S(C)(=O)=O)S(C)(=O)=O. The molecule has 0 aliphatic rings. The van der Waals surface area contributed by atoms with Crippen LogP contribution in [0, 0.1) is 0 Å². The molecule has 16 heavy (non-hydrogen) atoms. The largest absolute Gasteiger partial charge is 0.229 e. The third-order valence-electron chi connectivity index (χ3n) is 2.76. The monoisotopic (exact) mass is 284 g/mol. The van der Waals surface area contributed by atoms with Gasteiger partial charge in [0, 0.05) is 12.5 Å². The second kappa shape index (κ2) is 6.39. The molecule has 0 fully saturated rings. The molecule has 96 valence electrons. The lowest BCUT2D eigenvalue weighted by molar-refractivity contribution is 0.546. The van der Waals surface area contributed by atoms with Gasteiger partial charge in [0.2, 0.25) is 16.3 Å². The van der Waals surface area contributed by atoms with Crippen molar-refractivity contribution in [3.05, 3.63) is 0 Å². The topological polar surface area (TPSA) is 68.3 Å². The van der Waals surface area contributed by atoms with Crippen LogP contribution in [0.1, 0.15) is 26.2 Å². The highest BCUT2D eigenvalue weighted by molar-refractivity contribution is 7.95. The minimum atomic E-state index is -3.29. The van der Waals surface area contributed by atoms with Crippen LogP contribution >= 0.6 is 0 Å². The Bertz CT molecular complexity index is 399. The van der Waals surface area contributed by atoms with Crippen LogP contribution in [0.25, 0.3) is 0 Å². The summed E-state index contributed by atoms with van der Waals surface area (Å²) in [6.07, 6.45) is 4.37. The summed E-state index contributed by atoms with van der Waals surface area (Å²) in [5.41, 5.74) is 0. The van der Waals surface area contributed by atoms with Gasteiger partial charge >= 0.3 is 0 Å². The molecule has 0 bridgehead atoms. The van der Waals surface area contributed by atoms with Gasteiger partial charge < -0.3 is 0 Å². The average Bonchev–Trinajstić information content (AvgIpc) is 2.07. The molecule has 2 unspecified atom stereocenters. The zero-order valence-corrected chi connectivity index (χ0v) is 14.1. The van der Waals surface area contributed by atoms with Gasteiger partial charge in [0.25, 0.3) is 0 Å². The Morgan fingerprint density at radius 2 is 1.44 bits per heavy atom. The highest BCUT2D eigenvalue weighted by Gasteiger charge is 2.34. The molecule has 0 amide bonds. The first kappa shape index (κ1) is 16.4. The van der Waals surface area contributed by atoms with E-state index in [1.165, 1.54) is 0 Å². The van der Waals surface area contributed by atoms with Crippen molar-refractivity contribution < 1.29 is 16.8 Å². The highest BCUT2D eigenvalue weighted by Crippen LogP contribution is 2.21. The fourth-order valence-corrected chi connectivity index (χ4v) is 8.49. The van der Waals surface area contributed by atoms with Crippen molar-refractivity contribution in [2.24, 2.45) is 0 Å². The number of hydrogen-bond donors (Lipinski definition) is 0. The van der Waals surface area contributed by atoms with Crippen molar-refractivity contribution in [1.29, 1.82) is 0 Å². The van der Waals surface area contributed by atoms with Crippen molar-refractivity contribution in [1.82, 2.24) is 0 Å². The smallest absolute Gasteiger partial charge is 0.213 e. The van der Waals surface area contributed by atoms with E-state index in [1.807, 2.05) is 6.92 Å². The summed E-state index contributed by atoms with van der Waals surface area (Å²) in [4.78, 5) is 0. The fraction of sp³-hybridized carbons (Fsp3) is 1.00. The minimum absolute atomic E-state index is 0.454. The summed E-state index contributed by atoms with van der Waals surface area (Å²) in [7, 11) is -6.56. The fourth-order valence-electron chi connectivity index (χ4n) is 1.92. The second-order valence-corrected chi connectivity index (χ2v) is 9.63. The summed E-state index contributed by atoms with van der Waals surface area (Å²) in [6.45, 7) is 1.97. The number of hydrogen-bond acceptors (Lipinski definition) is 4. The van der Waals surface area contributed by atoms with Gasteiger partial charge in [-0.2, -0.15) is 0 Å². The molecule has 0 saturated carbocycles. The maximum atomic E-state index is 11.6. The summed E-state index contributed by atoms with van der Waals surface area (Å²) >= 11 is 0.700. The zero-order valence-electron chi connectivity index (χ0n) is 10.4. The molecule has 0 spiro atoms. The molecule has 0 aliphatic carbocycles. The lowest BCUT2D eigenvalue weighted by Gasteiger charge is -2.23. The minimum Gasteiger partial charge on any atom is -0.229 e. The third kappa shape index (κ3) is 5.17. The highest BCUT2D eigenvalue weighted by atomic mass is 32.2. The van der Waals surface area contributed by atoms with Crippen LogP contribution in [0.5, 0.6) is 0 Å². The molecule has 0 aromatic carbocycles. The van der Waals surface area contributed by atoms with Gasteiger partial charge in [-0.05, 0) is 6.42 Å². The molecule has 0 N–H and O–H groups in total. The van der Waals surface area contributed by atoms with E-state index in [1.54, 1.807) is 0 Å². The molecule has 0 heterocycles. The molecule has 0 radical (unpaired) electrons. The number of rotatable bonds is 7. The number of unbranched alkanes of at least 4 members (excludes halogenated alkanes) is 1. The summed E-state index contributed by atoms with van der Waals surface area (Å²) in [6, 6.07) is 0. The Kier molecular flexibility index (Phi) is 6.56. The van der Waals surface area contributed by atoms with E-state index < -0.39 is 30.2 Å². The molecular formula is C9H21AlO4S2. The van der Waals surface area contributed by atoms with E-state index >= 15 is 0 Å². The Balaban J connectivity index is 5.16. The van der Waals surface area contributed by atoms with Crippen LogP contribution in [0.3, 0.4) is 0 Å². The first-order chi connectivity index (χ1) is 7.14. The Morgan fingerprint density at radius 1 is 1.00 bits per heavy atom. The van der Waals surface area contributed by atoms with Crippen LogP contribution in [-0.2, 0) is 19.7 Å². The normalized spacial score (nSPS) is 16.9. The van der Waals surface area contributed by atoms with Crippen LogP contribution in [0.15, 0.2) is 0 Å². The Labute approximate surface area is 107 Å². The molecule has 0 rings (SSSR count). The first-order valence-electron chi connectivity index (χ1n) is 5.52. The van der Waals surface area contributed by atoms with Gasteiger partial charge in [0.05, 0.1) is 10.5 Å². The standard InChI is InChI=1S/C9H19O4S2.Al.2H/c1-5-6-7-9(15(4,12)13)8(2)14(3,10)11;;;/h8-9H,2,5-7H2,1,3-4H3;;;. The molecular weight excluding hydrogens is 263 g/mol. The molecule has 2 atom stereocenters. The van der Waals surface area contributed by atoms with E-state index in [0.29, 0.717) is 28.0 Å². The van der Waals surface area contributed by atoms with E-state index in [0.717, 1.165) is 25.4 Å². The van der Waals surface area contributed by atoms with E-state index in [-0.39, 0.29) is 0 Å². The summed E-state index contributed by atoms with van der Waals surface area (Å²) in [5, 5.41) is -0.944. The average molecular weight is 284 g/mol. The van der Waals surface area contributed by atoms with Crippen molar-refractivity contribution in [2.75, 3.05) is 12.5 Å². The summed E-state index contributed by atoms with van der Waals surface area (Å²) in [5.74, 6) is 0. The van der Waals surface area contributed by atoms with Crippen LogP contribution in [0.4, 0.5) is 0 Å². The lowest BCUT2D eigenvalue weighted by atomic mass is 10.1. The van der Waals surface area contributed by atoms with Crippen molar-refractivity contribution in [2.45, 2.75) is 42.0 Å². The number of sulfone groups is 2. The van der Waals surface area contributed by atoms with E-state index in [4.69, 9.17) is 0 Å². The molecule has 4 nitrogen and oxygen atoms in total. The first-order valence-corrected chi connectivity index (χ1v) is 10.8. The van der Waals surface area contributed by atoms with Gasteiger partial charge in [0.15, 0.2) is 9.84 Å². The van der Waals surface area contributed by atoms with Crippen LogP contribution < -0.4 is 0 Å².